The Morgan fingerprint density at radius 1 is 1.35 bits per heavy atom. The Morgan fingerprint density at radius 3 is 2.40 bits per heavy atom. The van der Waals surface area contributed by atoms with E-state index in [1.165, 1.54) is 12.1 Å². The predicted octanol–water partition coefficient (Wildman–Crippen LogP) is 2.38. The standard InChI is InChI=1S/C16H22FNO2/c1-15(2,11-19)10-18-14(20)16(8-3-9-16)12-4-6-13(17)7-5-12/h4-7,19H,3,8-11H2,1-2H3,(H,18,20). The number of carbonyl (C=O) groups excluding carboxylic acids is 1. The van der Waals surface area contributed by atoms with Gasteiger partial charge in [-0.05, 0) is 30.5 Å². The largest absolute Gasteiger partial charge is 0.396 e. The molecule has 0 unspecified atom stereocenters. The van der Waals surface area contributed by atoms with Gasteiger partial charge in [-0.25, -0.2) is 4.39 Å². The molecule has 0 aliphatic heterocycles. The molecule has 20 heavy (non-hydrogen) atoms. The van der Waals surface area contributed by atoms with E-state index >= 15 is 0 Å². The fourth-order valence-corrected chi connectivity index (χ4v) is 2.49. The predicted molar refractivity (Wildman–Crippen MR) is 75.8 cm³/mol. The van der Waals surface area contributed by atoms with Crippen molar-refractivity contribution < 1.29 is 14.3 Å². The van der Waals surface area contributed by atoms with E-state index in [1.807, 2.05) is 13.8 Å². The summed E-state index contributed by atoms with van der Waals surface area (Å²) >= 11 is 0. The molecule has 1 fully saturated rings. The highest BCUT2D eigenvalue weighted by Gasteiger charge is 2.45. The second-order valence-corrected chi connectivity index (χ2v) is 6.45. The van der Waals surface area contributed by atoms with E-state index in [4.69, 9.17) is 0 Å². The number of rotatable bonds is 5. The highest BCUT2D eigenvalue weighted by molar-refractivity contribution is 5.89. The zero-order chi connectivity index (χ0) is 14.8. The molecule has 2 rings (SSSR count). The molecule has 1 amide bonds. The summed E-state index contributed by atoms with van der Waals surface area (Å²) in [5.74, 6) is -0.304. The molecule has 0 saturated heterocycles. The number of halogens is 1. The molecular formula is C16H22FNO2. The van der Waals surface area contributed by atoms with Crippen LogP contribution >= 0.6 is 0 Å². The normalized spacial score (nSPS) is 17.4. The van der Waals surface area contributed by atoms with Crippen LogP contribution in [0.25, 0.3) is 0 Å². The lowest BCUT2D eigenvalue weighted by Crippen LogP contribution is -2.51. The third-order valence-corrected chi connectivity index (χ3v) is 4.19. The maximum Gasteiger partial charge on any atom is 0.230 e. The number of benzene rings is 1. The van der Waals surface area contributed by atoms with Crippen LogP contribution in [0.4, 0.5) is 4.39 Å². The molecule has 0 bridgehead atoms. The summed E-state index contributed by atoms with van der Waals surface area (Å²) < 4.78 is 13.0. The molecule has 1 aromatic rings. The van der Waals surface area contributed by atoms with E-state index in [-0.39, 0.29) is 23.7 Å². The molecule has 3 nitrogen and oxygen atoms in total. The number of hydrogen-bond acceptors (Lipinski definition) is 2. The fraction of sp³-hybridized carbons (Fsp3) is 0.562. The van der Waals surface area contributed by atoms with Gasteiger partial charge in [0.1, 0.15) is 5.82 Å². The van der Waals surface area contributed by atoms with Crippen molar-refractivity contribution in [2.24, 2.45) is 5.41 Å². The van der Waals surface area contributed by atoms with Crippen molar-refractivity contribution in [3.63, 3.8) is 0 Å². The minimum Gasteiger partial charge on any atom is -0.396 e. The zero-order valence-electron chi connectivity index (χ0n) is 12.1. The Kier molecular flexibility index (Phi) is 4.14. The first-order chi connectivity index (χ1) is 9.39. The lowest BCUT2D eigenvalue weighted by molar-refractivity contribution is -0.130. The summed E-state index contributed by atoms with van der Waals surface area (Å²) in [4.78, 5) is 12.5. The van der Waals surface area contributed by atoms with E-state index < -0.39 is 5.41 Å². The van der Waals surface area contributed by atoms with Gasteiger partial charge >= 0.3 is 0 Å². The van der Waals surface area contributed by atoms with Gasteiger partial charge in [0.25, 0.3) is 0 Å². The number of nitrogens with one attached hydrogen (secondary N) is 1. The van der Waals surface area contributed by atoms with Gasteiger partial charge in [-0.2, -0.15) is 0 Å². The fourth-order valence-electron chi connectivity index (χ4n) is 2.49. The smallest absolute Gasteiger partial charge is 0.230 e. The van der Waals surface area contributed by atoms with Gasteiger partial charge in [-0.1, -0.05) is 32.4 Å². The van der Waals surface area contributed by atoms with E-state index in [9.17, 15) is 14.3 Å². The molecule has 0 heterocycles. The number of amides is 1. The van der Waals surface area contributed by atoms with Crippen LogP contribution < -0.4 is 5.32 Å². The first-order valence-electron chi connectivity index (χ1n) is 7.05. The van der Waals surface area contributed by atoms with Crippen molar-refractivity contribution in [3.05, 3.63) is 35.6 Å². The average molecular weight is 279 g/mol. The maximum absolute atomic E-state index is 13.0. The van der Waals surface area contributed by atoms with Crippen LogP contribution in [-0.4, -0.2) is 24.2 Å². The molecule has 2 N–H and O–H groups in total. The van der Waals surface area contributed by atoms with Crippen LogP contribution in [0.15, 0.2) is 24.3 Å². The first-order valence-corrected chi connectivity index (χ1v) is 7.05. The SMILES string of the molecule is CC(C)(CO)CNC(=O)C1(c2ccc(F)cc2)CCC1. The maximum atomic E-state index is 13.0. The Morgan fingerprint density at radius 2 is 1.95 bits per heavy atom. The number of hydrogen-bond donors (Lipinski definition) is 2. The third kappa shape index (κ3) is 2.85. The first kappa shape index (κ1) is 15.0. The molecule has 1 saturated carbocycles. The van der Waals surface area contributed by atoms with Crippen LogP contribution in [0.1, 0.15) is 38.7 Å². The summed E-state index contributed by atoms with van der Waals surface area (Å²) in [6.07, 6.45) is 2.60. The van der Waals surface area contributed by atoms with E-state index in [0.29, 0.717) is 6.54 Å². The average Bonchev–Trinajstić information content (AvgIpc) is 2.37. The Balaban J connectivity index is 2.11. The van der Waals surface area contributed by atoms with E-state index in [0.717, 1.165) is 24.8 Å². The van der Waals surface area contributed by atoms with Gasteiger partial charge in [0.15, 0.2) is 0 Å². The molecule has 0 spiro atoms. The second-order valence-electron chi connectivity index (χ2n) is 6.45. The Bertz CT molecular complexity index is 478. The van der Waals surface area contributed by atoms with Crippen molar-refractivity contribution >= 4 is 5.91 Å². The van der Waals surface area contributed by atoms with Crippen molar-refractivity contribution in [2.45, 2.75) is 38.5 Å². The molecule has 0 aromatic heterocycles. The highest BCUT2D eigenvalue weighted by atomic mass is 19.1. The summed E-state index contributed by atoms with van der Waals surface area (Å²) in [5.41, 5.74) is 0.0345. The van der Waals surface area contributed by atoms with Gasteiger partial charge in [0.05, 0.1) is 5.41 Å². The molecule has 1 aliphatic rings. The van der Waals surface area contributed by atoms with Crippen molar-refractivity contribution in [2.75, 3.05) is 13.2 Å². The van der Waals surface area contributed by atoms with Gasteiger partial charge in [0, 0.05) is 18.6 Å². The van der Waals surface area contributed by atoms with E-state index in [2.05, 4.69) is 5.32 Å². The van der Waals surface area contributed by atoms with Crippen LogP contribution in [0.5, 0.6) is 0 Å². The summed E-state index contributed by atoms with van der Waals surface area (Å²) in [7, 11) is 0. The molecule has 0 radical (unpaired) electrons. The molecule has 1 aromatic carbocycles. The summed E-state index contributed by atoms with van der Waals surface area (Å²) in [6, 6.07) is 6.21. The highest BCUT2D eigenvalue weighted by Crippen LogP contribution is 2.44. The minimum atomic E-state index is -0.515. The zero-order valence-corrected chi connectivity index (χ0v) is 12.1. The van der Waals surface area contributed by atoms with Gasteiger partial charge < -0.3 is 10.4 Å². The number of aliphatic hydroxyl groups is 1. The number of aliphatic hydroxyl groups excluding tert-OH is 1. The molecule has 0 atom stereocenters. The third-order valence-electron chi connectivity index (χ3n) is 4.19. The molecule has 4 heteroatoms. The quantitative estimate of drug-likeness (QED) is 0.869. The van der Waals surface area contributed by atoms with E-state index in [1.54, 1.807) is 12.1 Å². The summed E-state index contributed by atoms with van der Waals surface area (Å²) in [5, 5.41) is 12.2. The van der Waals surface area contributed by atoms with Crippen LogP contribution in [0.2, 0.25) is 0 Å². The molecule has 110 valence electrons. The lowest BCUT2D eigenvalue weighted by Gasteiger charge is -2.41. The van der Waals surface area contributed by atoms with Gasteiger partial charge in [0.2, 0.25) is 5.91 Å². The molecule has 1 aliphatic carbocycles. The molecular weight excluding hydrogens is 257 g/mol. The summed E-state index contributed by atoms with van der Waals surface area (Å²) in [6.45, 7) is 4.26. The van der Waals surface area contributed by atoms with Gasteiger partial charge in [-0.15, -0.1) is 0 Å². The van der Waals surface area contributed by atoms with Crippen molar-refractivity contribution in [1.82, 2.24) is 5.32 Å². The Labute approximate surface area is 119 Å². The number of carbonyl (C=O) groups is 1. The monoisotopic (exact) mass is 279 g/mol. The minimum absolute atomic E-state index is 0.0168. The van der Waals surface area contributed by atoms with Crippen LogP contribution in [0.3, 0.4) is 0 Å². The van der Waals surface area contributed by atoms with Crippen LogP contribution in [-0.2, 0) is 10.2 Å². The van der Waals surface area contributed by atoms with Crippen molar-refractivity contribution in [3.8, 4) is 0 Å². The topological polar surface area (TPSA) is 49.3 Å². The lowest BCUT2D eigenvalue weighted by atomic mass is 9.63. The Hall–Kier alpha value is -1.42. The van der Waals surface area contributed by atoms with Crippen LogP contribution in [0, 0.1) is 11.2 Å². The second kappa shape index (κ2) is 5.52. The van der Waals surface area contributed by atoms with Crippen molar-refractivity contribution in [1.29, 1.82) is 0 Å². The van der Waals surface area contributed by atoms with Gasteiger partial charge in [-0.3, -0.25) is 4.79 Å².